The van der Waals surface area contributed by atoms with Crippen molar-refractivity contribution in [2.75, 3.05) is 32.8 Å². The molecule has 4 heterocycles. The largest absolute Gasteiger partial charge is 0.465 e. The Balaban J connectivity index is 1.44. The van der Waals surface area contributed by atoms with E-state index in [0.717, 1.165) is 50.5 Å². The van der Waals surface area contributed by atoms with Crippen molar-refractivity contribution in [2.24, 2.45) is 0 Å². The molecule has 6 heteroatoms. The van der Waals surface area contributed by atoms with Crippen molar-refractivity contribution in [3.63, 3.8) is 0 Å². The third kappa shape index (κ3) is 3.50. The maximum atomic E-state index is 12.6. The van der Waals surface area contributed by atoms with Crippen LogP contribution >= 0.6 is 0 Å². The summed E-state index contributed by atoms with van der Waals surface area (Å²) in [4.78, 5) is 16.8. The Hall–Kier alpha value is -2.05. The van der Waals surface area contributed by atoms with Gasteiger partial charge < -0.3 is 18.5 Å². The van der Waals surface area contributed by atoms with Gasteiger partial charge in [0.15, 0.2) is 5.76 Å². The van der Waals surface area contributed by atoms with Gasteiger partial charge in [-0.1, -0.05) is 0 Å². The maximum Gasteiger partial charge on any atom is 0.289 e. The molecule has 6 nitrogen and oxygen atoms in total. The van der Waals surface area contributed by atoms with Gasteiger partial charge in [-0.25, -0.2) is 0 Å². The zero-order valence-corrected chi connectivity index (χ0v) is 14.6. The van der Waals surface area contributed by atoms with Crippen LogP contribution in [-0.2, 0) is 11.3 Å². The number of nitrogens with zero attached hydrogens (tertiary/aromatic N) is 2. The fourth-order valence-electron chi connectivity index (χ4n) is 3.92. The van der Waals surface area contributed by atoms with Crippen LogP contribution < -0.4 is 0 Å². The molecular weight excluding hydrogens is 320 g/mol. The first kappa shape index (κ1) is 16.4. The quantitative estimate of drug-likeness (QED) is 0.857. The molecule has 0 aliphatic carbocycles. The summed E-state index contributed by atoms with van der Waals surface area (Å²) in [6.07, 6.45) is 3.46. The number of likely N-dealkylation sites (tertiary alicyclic amines) is 1. The standard InChI is InChI=1S/C19H24N2O4/c1-15-5-6-16(25-15)12-20-9-11-24-19(13-20)7-3-8-21(14-19)18(22)17-4-2-10-23-17/h2,4-6,10H,3,7-9,11-14H2,1H3. The van der Waals surface area contributed by atoms with E-state index in [2.05, 4.69) is 4.90 Å². The molecule has 1 atom stereocenters. The number of aryl methyl sites for hydroxylation is 1. The highest BCUT2D eigenvalue weighted by molar-refractivity contribution is 5.91. The Labute approximate surface area is 147 Å². The Morgan fingerprint density at radius 2 is 2.16 bits per heavy atom. The molecule has 4 rings (SSSR count). The van der Waals surface area contributed by atoms with E-state index in [9.17, 15) is 4.79 Å². The van der Waals surface area contributed by atoms with Crippen molar-refractivity contribution < 1.29 is 18.4 Å². The predicted octanol–water partition coefficient (Wildman–Crippen LogP) is 2.69. The summed E-state index contributed by atoms with van der Waals surface area (Å²) in [5, 5.41) is 0. The lowest BCUT2D eigenvalue weighted by Crippen LogP contribution is -2.60. The van der Waals surface area contributed by atoms with Gasteiger partial charge in [0.2, 0.25) is 0 Å². The summed E-state index contributed by atoms with van der Waals surface area (Å²) in [5.74, 6) is 2.27. The average molecular weight is 344 g/mol. The molecule has 0 saturated carbocycles. The van der Waals surface area contributed by atoms with Crippen LogP contribution in [0.3, 0.4) is 0 Å². The Kier molecular flexibility index (Phi) is 4.39. The molecule has 1 unspecified atom stereocenters. The number of ether oxygens (including phenoxy) is 1. The third-order valence-electron chi connectivity index (χ3n) is 5.06. The van der Waals surface area contributed by atoms with E-state index in [1.165, 1.54) is 6.26 Å². The molecule has 134 valence electrons. The molecule has 2 saturated heterocycles. The molecule has 25 heavy (non-hydrogen) atoms. The molecule has 0 aromatic carbocycles. The van der Waals surface area contributed by atoms with Gasteiger partial charge in [-0.05, 0) is 44.0 Å². The number of carbonyl (C=O) groups is 1. The molecule has 2 aliphatic heterocycles. The first-order valence-corrected chi connectivity index (χ1v) is 8.88. The van der Waals surface area contributed by atoms with Gasteiger partial charge in [0.25, 0.3) is 5.91 Å². The SMILES string of the molecule is Cc1ccc(CN2CCOC3(CCCN(C(=O)c4ccco4)C3)C2)o1. The second kappa shape index (κ2) is 6.69. The highest BCUT2D eigenvalue weighted by Gasteiger charge is 2.42. The Morgan fingerprint density at radius 1 is 1.24 bits per heavy atom. The van der Waals surface area contributed by atoms with Gasteiger partial charge in [-0.2, -0.15) is 0 Å². The normalized spacial score (nSPS) is 24.8. The molecule has 2 aromatic rings. The van der Waals surface area contributed by atoms with E-state index in [-0.39, 0.29) is 11.5 Å². The second-order valence-corrected chi connectivity index (χ2v) is 7.06. The van der Waals surface area contributed by atoms with Crippen molar-refractivity contribution >= 4 is 5.91 Å². The number of hydrogen-bond donors (Lipinski definition) is 0. The molecule has 2 fully saturated rings. The van der Waals surface area contributed by atoms with E-state index in [0.29, 0.717) is 18.9 Å². The van der Waals surface area contributed by atoms with E-state index in [1.807, 2.05) is 24.0 Å². The van der Waals surface area contributed by atoms with Gasteiger partial charge in [0.05, 0.1) is 31.6 Å². The summed E-state index contributed by atoms with van der Waals surface area (Å²) in [6, 6.07) is 7.50. The highest BCUT2D eigenvalue weighted by Crippen LogP contribution is 2.30. The number of piperidine rings is 1. The lowest BCUT2D eigenvalue weighted by atomic mass is 9.90. The zero-order chi connectivity index (χ0) is 17.3. The zero-order valence-electron chi connectivity index (χ0n) is 14.6. The predicted molar refractivity (Wildman–Crippen MR) is 91.3 cm³/mol. The van der Waals surface area contributed by atoms with Crippen LogP contribution in [0.25, 0.3) is 0 Å². The summed E-state index contributed by atoms with van der Waals surface area (Å²) < 4.78 is 17.2. The molecule has 0 bridgehead atoms. The summed E-state index contributed by atoms with van der Waals surface area (Å²) in [5.41, 5.74) is -0.291. The molecule has 2 aromatic heterocycles. The Bertz CT molecular complexity index is 720. The maximum absolute atomic E-state index is 12.6. The van der Waals surface area contributed by atoms with E-state index in [4.69, 9.17) is 13.6 Å². The number of rotatable bonds is 3. The first-order valence-electron chi connectivity index (χ1n) is 8.88. The number of furan rings is 2. The van der Waals surface area contributed by atoms with Gasteiger partial charge >= 0.3 is 0 Å². The molecule has 0 radical (unpaired) electrons. The minimum absolute atomic E-state index is 0.0496. The summed E-state index contributed by atoms with van der Waals surface area (Å²) in [7, 11) is 0. The number of morpholine rings is 1. The van der Waals surface area contributed by atoms with Gasteiger partial charge in [-0.3, -0.25) is 9.69 Å². The molecule has 2 aliphatic rings. The van der Waals surface area contributed by atoms with Gasteiger partial charge in [-0.15, -0.1) is 0 Å². The average Bonchev–Trinajstić information content (AvgIpc) is 3.26. The van der Waals surface area contributed by atoms with Crippen molar-refractivity contribution in [1.82, 2.24) is 9.80 Å². The van der Waals surface area contributed by atoms with Crippen molar-refractivity contribution in [3.05, 3.63) is 47.8 Å². The minimum atomic E-state index is -0.291. The third-order valence-corrected chi connectivity index (χ3v) is 5.06. The van der Waals surface area contributed by atoms with Crippen LogP contribution in [0.5, 0.6) is 0 Å². The van der Waals surface area contributed by atoms with Crippen molar-refractivity contribution in [2.45, 2.75) is 31.9 Å². The van der Waals surface area contributed by atoms with Crippen molar-refractivity contribution in [1.29, 1.82) is 0 Å². The summed E-state index contributed by atoms with van der Waals surface area (Å²) >= 11 is 0. The smallest absolute Gasteiger partial charge is 0.289 e. The van der Waals surface area contributed by atoms with Crippen LogP contribution in [0.15, 0.2) is 39.4 Å². The molecule has 1 spiro atoms. The van der Waals surface area contributed by atoms with Crippen LogP contribution in [-0.4, -0.2) is 54.1 Å². The highest BCUT2D eigenvalue weighted by atomic mass is 16.5. The van der Waals surface area contributed by atoms with Crippen molar-refractivity contribution in [3.8, 4) is 0 Å². The summed E-state index contributed by atoms with van der Waals surface area (Å²) in [6.45, 7) is 6.49. The van der Waals surface area contributed by atoms with Crippen LogP contribution in [0.1, 0.15) is 34.9 Å². The first-order chi connectivity index (χ1) is 12.1. The minimum Gasteiger partial charge on any atom is -0.465 e. The van der Waals surface area contributed by atoms with Crippen LogP contribution in [0.2, 0.25) is 0 Å². The van der Waals surface area contributed by atoms with Gasteiger partial charge in [0, 0.05) is 19.6 Å². The lowest BCUT2D eigenvalue weighted by Gasteiger charge is -2.47. The Morgan fingerprint density at radius 3 is 2.92 bits per heavy atom. The van der Waals surface area contributed by atoms with E-state index >= 15 is 0 Å². The van der Waals surface area contributed by atoms with Crippen LogP contribution in [0, 0.1) is 6.92 Å². The van der Waals surface area contributed by atoms with E-state index in [1.54, 1.807) is 12.1 Å². The number of amides is 1. The molecule has 1 amide bonds. The van der Waals surface area contributed by atoms with Gasteiger partial charge in [0.1, 0.15) is 11.5 Å². The fraction of sp³-hybridized carbons (Fsp3) is 0.526. The fourth-order valence-corrected chi connectivity index (χ4v) is 3.92. The topological polar surface area (TPSA) is 59.1 Å². The van der Waals surface area contributed by atoms with Crippen LogP contribution in [0.4, 0.5) is 0 Å². The molecular formula is C19H24N2O4. The number of carbonyl (C=O) groups excluding carboxylic acids is 1. The molecule has 0 N–H and O–H groups in total. The lowest BCUT2D eigenvalue weighted by molar-refractivity contribution is -0.137. The van der Waals surface area contributed by atoms with E-state index < -0.39 is 0 Å². The number of hydrogen-bond acceptors (Lipinski definition) is 5. The monoisotopic (exact) mass is 344 g/mol. The second-order valence-electron chi connectivity index (χ2n) is 7.06.